The second-order valence-corrected chi connectivity index (χ2v) is 7.66. The summed E-state index contributed by atoms with van der Waals surface area (Å²) in [5.41, 5.74) is 2.70. The van der Waals surface area contributed by atoms with E-state index >= 15 is 0 Å². The van der Waals surface area contributed by atoms with Crippen LogP contribution in [0.25, 0.3) is 11.3 Å². The topological polar surface area (TPSA) is 89.6 Å². The first-order valence-electron chi connectivity index (χ1n) is 9.93. The molecule has 0 saturated carbocycles. The SMILES string of the molecule is CCOc1ccccc1OCC(=O)Nc1nc(-c2ccc(C(C)NC(C)=O)cc2)cs1. The van der Waals surface area contributed by atoms with E-state index in [1.165, 1.54) is 18.3 Å². The zero-order valence-corrected chi connectivity index (χ0v) is 18.5. The average molecular weight is 440 g/mol. The van der Waals surface area contributed by atoms with Crippen LogP contribution < -0.4 is 20.1 Å². The van der Waals surface area contributed by atoms with Gasteiger partial charge >= 0.3 is 0 Å². The number of carbonyl (C=O) groups is 2. The number of hydrogen-bond acceptors (Lipinski definition) is 6. The van der Waals surface area contributed by atoms with Crippen LogP contribution in [0.2, 0.25) is 0 Å². The molecule has 2 aromatic carbocycles. The minimum absolute atomic E-state index is 0.0651. The second kappa shape index (κ2) is 10.6. The standard InChI is InChI=1S/C23H25N3O4S/c1-4-29-20-7-5-6-8-21(20)30-13-22(28)26-23-25-19(14-31-23)18-11-9-17(10-12-18)15(2)24-16(3)27/h5-12,14-15H,4,13H2,1-3H3,(H,24,27)(H,25,26,28). The Kier molecular flexibility index (Phi) is 7.61. The van der Waals surface area contributed by atoms with Crippen LogP contribution in [-0.4, -0.2) is 30.0 Å². The van der Waals surface area contributed by atoms with Crippen molar-refractivity contribution in [3.8, 4) is 22.8 Å². The Morgan fingerprint density at radius 1 is 1.06 bits per heavy atom. The van der Waals surface area contributed by atoms with Crippen LogP contribution in [0.5, 0.6) is 11.5 Å². The molecule has 0 aliphatic rings. The van der Waals surface area contributed by atoms with E-state index < -0.39 is 0 Å². The third kappa shape index (κ3) is 6.29. The molecule has 1 atom stereocenters. The Morgan fingerprint density at radius 3 is 2.39 bits per heavy atom. The quantitative estimate of drug-likeness (QED) is 0.515. The maximum absolute atomic E-state index is 12.3. The van der Waals surface area contributed by atoms with Gasteiger partial charge in [0, 0.05) is 17.9 Å². The fourth-order valence-corrected chi connectivity index (χ4v) is 3.67. The van der Waals surface area contributed by atoms with Crippen molar-refractivity contribution in [1.29, 1.82) is 0 Å². The first kappa shape index (κ1) is 22.3. The van der Waals surface area contributed by atoms with E-state index in [0.717, 1.165) is 16.8 Å². The molecule has 7 nitrogen and oxygen atoms in total. The van der Waals surface area contributed by atoms with E-state index in [1.807, 2.05) is 55.6 Å². The highest BCUT2D eigenvalue weighted by Crippen LogP contribution is 2.28. The maximum Gasteiger partial charge on any atom is 0.264 e. The highest BCUT2D eigenvalue weighted by Gasteiger charge is 2.12. The van der Waals surface area contributed by atoms with Crippen LogP contribution in [0, 0.1) is 0 Å². The molecule has 162 valence electrons. The predicted octanol–water partition coefficient (Wildman–Crippen LogP) is 4.42. The van der Waals surface area contributed by atoms with Crippen LogP contribution in [0.1, 0.15) is 32.4 Å². The summed E-state index contributed by atoms with van der Waals surface area (Å²) in [5, 5.41) is 8.00. The minimum atomic E-state index is -0.299. The average Bonchev–Trinajstić information content (AvgIpc) is 3.21. The van der Waals surface area contributed by atoms with Crippen molar-refractivity contribution in [2.45, 2.75) is 26.8 Å². The van der Waals surface area contributed by atoms with Gasteiger partial charge in [-0.05, 0) is 31.5 Å². The van der Waals surface area contributed by atoms with E-state index in [1.54, 1.807) is 12.1 Å². The van der Waals surface area contributed by atoms with Gasteiger partial charge in [0.1, 0.15) is 0 Å². The predicted molar refractivity (Wildman–Crippen MR) is 122 cm³/mol. The molecule has 0 radical (unpaired) electrons. The van der Waals surface area contributed by atoms with Gasteiger partial charge in [0.15, 0.2) is 23.2 Å². The van der Waals surface area contributed by atoms with Crippen LogP contribution in [0.15, 0.2) is 53.9 Å². The Balaban J connectivity index is 1.57. The number of thiazole rings is 1. The van der Waals surface area contributed by atoms with Crippen molar-refractivity contribution in [3.63, 3.8) is 0 Å². The Hall–Kier alpha value is -3.39. The number of carbonyl (C=O) groups excluding carboxylic acids is 2. The van der Waals surface area contributed by atoms with Gasteiger partial charge < -0.3 is 14.8 Å². The largest absolute Gasteiger partial charge is 0.490 e. The molecule has 0 aliphatic heterocycles. The highest BCUT2D eigenvalue weighted by atomic mass is 32.1. The number of rotatable bonds is 9. The normalized spacial score (nSPS) is 11.5. The molecule has 2 amide bonds. The third-order valence-electron chi connectivity index (χ3n) is 4.38. The summed E-state index contributed by atoms with van der Waals surface area (Å²) in [7, 11) is 0. The second-order valence-electron chi connectivity index (χ2n) is 6.80. The number of nitrogens with one attached hydrogen (secondary N) is 2. The lowest BCUT2D eigenvalue weighted by Crippen LogP contribution is -2.23. The first-order chi connectivity index (χ1) is 15.0. The monoisotopic (exact) mass is 439 g/mol. The van der Waals surface area contributed by atoms with Gasteiger partial charge in [-0.1, -0.05) is 36.4 Å². The molecule has 8 heteroatoms. The van der Waals surface area contributed by atoms with E-state index in [-0.39, 0.29) is 24.5 Å². The minimum Gasteiger partial charge on any atom is -0.490 e. The molecule has 3 rings (SSSR count). The van der Waals surface area contributed by atoms with Crippen molar-refractivity contribution in [2.75, 3.05) is 18.5 Å². The van der Waals surface area contributed by atoms with Gasteiger partial charge in [-0.3, -0.25) is 14.9 Å². The molecule has 0 bridgehead atoms. The van der Waals surface area contributed by atoms with Crippen LogP contribution >= 0.6 is 11.3 Å². The Bertz CT molecular complexity index is 1030. The molecular weight excluding hydrogens is 414 g/mol. The van der Waals surface area contributed by atoms with Gasteiger partial charge in [-0.2, -0.15) is 0 Å². The molecule has 0 aliphatic carbocycles. The number of amides is 2. The zero-order valence-electron chi connectivity index (χ0n) is 17.7. The summed E-state index contributed by atoms with van der Waals surface area (Å²) in [6.07, 6.45) is 0. The van der Waals surface area contributed by atoms with E-state index in [2.05, 4.69) is 15.6 Å². The molecule has 31 heavy (non-hydrogen) atoms. The molecule has 0 spiro atoms. The Morgan fingerprint density at radius 2 is 1.74 bits per heavy atom. The zero-order chi connectivity index (χ0) is 22.2. The highest BCUT2D eigenvalue weighted by molar-refractivity contribution is 7.14. The summed E-state index contributed by atoms with van der Waals surface area (Å²) in [4.78, 5) is 28.0. The summed E-state index contributed by atoms with van der Waals surface area (Å²) in [5.74, 6) is 0.756. The van der Waals surface area contributed by atoms with Crippen molar-refractivity contribution in [2.24, 2.45) is 0 Å². The summed E-state index contributed by atoms with van der Waals surface area (Å²) in [6, 6.07) is 15.0. The van der Waals surface area contributed by atoms with Crippen molar-refractivity contribution < 1.29 is 19.1 Å². The van der Waals surface area contributed by atoms with Crippen molar-refractivity contribution in [1.82, 2.24) is 10.3 Å². The van der Waals surface area contributed by atoms with E-state index in [4.69, 9.17) is 9.47 Å². The van der Waals surface area contributed by atoms with Crippen LogP contribution in [0.4, 0.5) is 5.13 Å². The van der Waals surface area contributed by atoms with E-state index in [9.17, 15) is 9.59 Å². The third-order valence-corrected chi connectivity index (χ3v) is 5.14. The molecule has 1 heterocycles. The maximum atomic E-state index is 12.3. The number of anilines is 1. The first-order valence-corrected chi connectivity index (χ1v) is 10.8. The molecule has 1 aromatic heterocycles. The molecule has 0 saturated heterocycles. The lowest BCUT2D eigenvalue weighted by molar-refractivity contribution is -0.119. The lowest BCUT2D eigenvalue weighted by Gasteiger charge is -2.13. The summed E-state index contributed by atoms with van der Waals surface area (Å²) >= 11 is 1.34. The van der Waals surface area contributed by atoms with Gasteiger partial charge in [-0.25, -0.2) is 4.98 Å². The summed E-state index contributed by atoms with van der Waals surface area (Å²) < 4.78 is 11.1. The summed E-state index contributed by atoms with van der Waals surface area (Å²) in [6.45, 7) is 5.69. The van der Waals surface area contributed by atoms with Gasteiger partial charge in [0.05, 0.1) is 18.3 Å². The number of aromatic nitrogens is 1. The van der Waals surface area contributed by atoms with E-state index in [0.29, 0.717) is 23.2 Å². The molecule has 0 fully saturated rings. The smallest absolute Gasteiger partial charge is 0.264 e. The van der Waals surface area contributed by atoms with Gasteiger partial charge in [0.25, 0.3) is 5.91 Å². The number of nitrogens with zero attached hydrogens (tertiary/aromatic N) is 1. The van der Waals surface area contributed by atoms with Crippen LogP contribution in [-0.2, 0) is 9.59 Å². The number of benzene rings is 2. The number of ether oxygens (including phenoxy) is 2. The lowest BCUT2D eigenvalue weighted by atomic mass is 10.1. The fraction of sp³-hybridized carbons (Fsp3) is 0.261. The van der Waals surface area contributed by atoms with Crippen molar-refractivity contribution in [3.05, 3.63) is 59.5 Å². The van der Waals surface area contributed by atoms with Crippen molar-refractivity contribution >= 4 is 28.3 Å². The number of para-hydroxylation sites is 2. The van der Waals surface area contributed by atoms with Crippen LogP contribution in [0.3, 0.4) is 0 Å². The molecule has 2 N–H and O–H groups in total. The fourth-order valence-electron chi connectivity index (χ4n) is 2.94. The molecular formula is C23H25N3O4S. The Labute approximate surface area is 185 Å². The molecule has 1 unspecified atom stereocenters. The molecule has 3 aromatic rings. The van der Waals surface area contributed by atoms with Gasteiger partial charge in [-0.15, -0.1) is 11.3 Å². The van der Waals surface area contributed by atoms with Gasteiger partial charge in [0.2, 0.25) is 5.91 Å². The number of hydrogen-bond donors (Lipinski definition) is 2.